The van der Waals surface area contributed by atoms with Gasteiger partial charge in [0, 0.05) is 0 Å². The zero-order valence-electron chi connectivity index (χ0n) is 8.06. The molecule has 1 heterocycles. The molecule has 0 aromatic heterocycles. The van der Waals surface area contributed by atoms with Crippen LogP contribution < -0.4 is 4.72 Å². The third kappa shape index (κ3) is 3.87. The second-order valence-electron chi connectivity index (χ2n) is 2.88. The van der Waals surface area contributed by atoms with E-state index in [1.54, 1.807) is 12.1 Å². The van der Waals surface area contributed by atoms with Gasteiger partial charge in [-0.25, -0.2) is 13.1 Å². The molecule has 0 atom stereocenters. The van der Waals surface area contributed by atoms with Crippen LogP contribution in [0.2, 0.25) is 0 Å². The summed E-state index contributed by atoms with van der Waals surface area (Å²) in [6, 6.07) is 6.09. The maximum absolute atomic E-state index is 11.1. The summed E-state index contributed by atoms with van der Waals surface area (Å²) in [4.78, 5) is 11.1. The zero-order valence-corrected chi connectivity index (χ0v) is 10.6. The number of rotatable bonds is 0. The van der Waals surface area contributed by atoms with Crippen LogP contribution in [-0.2, 0) is 17.7 Å². The van der Waals surface area contributed by atoms with Gasteiger partial charge in [-0.2, -0.15) is 0 Å². The Bertz CT molecular complexity index is 641. The molecule has 17 heavy (non-hydrogen) atoms. The van der Waals surface area contributed by atoms with Crippen molar-refractivity contribution in [1.82, 2.24) is 4.72 Å². The van der Waals surface area contributed by atoms with Gasteiger partial charge >= 0.3 is 29.4 Å². The van der Waals surface area contributed by atoms with Gasteiger partial charge in [-0.15, -0.1) is 0 Å². The maximum atomic E-state index is 11.1. The first-order valence-electron chi connectivity index (χ1n) is 3.97. The Labute approximate surface area is 98.2 Å². The Hall–Kier alpha value is -1.32. The van der Waals surface area contributed by atoms with Crippen LogP contribution in [0.5, 0.6) is 0 Å². The SMILES string of the molecule is O=C1NS(=O)(=O)c2ccccc21.O=[Se](=O)(O)O. The number of fused-ring (bicyclic) bond motifs is 1. The van der Waals surface area contributed by atoms with Gasteiger partial charge in [0.2, 0.25) is 0 Å². The third-order valence-electron chi connectivity index (χ3n) is 1.65. The Balaban J connectivity index is 0.000000249. The molecule has 0 unspecified atom stereocenters. The molecule has 3 N–H and O–H groups in total. The molecule has 0 aliphatic carbocycles. The summed E-state index contributed by atoms with van der Waals surface area (Å²) in [6.07, 6.45) is 0. The van der Waals surface area contributed by atoms with Crippen molar-refractivity contribution < 1.29 is 29.3 Å². The predicted octanol–water partition coefficient (Wildman–Crippen LogP) is -1.61. The van der Waals surface area contributed by atoms with Gasteiger partial charge in [-0.3, -0.25) is 4.79 Å². The fourth-order valence-corrected chi connectivity index (χ4v) is 2.29. The van der Waals surface area contributed by atoms with Gasteiger partial charge < -0.3 is 0 Å². The van der Waals surface area contributed by atoms with Crippen LogP contribution in [0.25, 0.3) is 0 Å². The minimum atomic E-state index is -5.25. The van der Waals surface area contributed by atoms with Crippen molar-refractivity contribution >= 4 is 29.3 Å². The van der Waals surface area contributed by atoms with Crippen molar-refractivity contribution in [2.24, 2.45) is 0 Å². The van der Waals surface area contributed by atoms with Gasteiger partial charge in [0.1, 0.15) is 4.90 Å². The molecule has 0 spiro atoms. The van der Waals surface area contributed by atoms with E-state index in [4.69, 9.17) is 16.0 Å². The van der Waals surface area contributed by atoms with Crippen LogP contribution in [0.1, 0.15) is 10.4 Å². The van der Waals surface area contributed by atoms with E-state index in [9.17, 15) is 13.2 Å². The summed E-state index contributed by atoms with van der Waals surface area (Å²) >= 11 is -5.25. The number of carbonyl (C=O) groups excluding carboxylic acids is 1. The summed E-state index contributed by atoms with van der Waals surface area (Å²) < 4.78 is 56.0. The summed E-state index contributed by atoms with van der Waals surface area (Å²) in [6.45, 7) is 0. The average molecular weight is 328 g/mol. The van der Waals surface area contributed by atoms with Crippen LogP contribution in [0, 0.1) is 0 Å². The van der Waals surface area contributed by atoms with E-state index in [0.717, 1.165) is 0 Å². The van der Waals surface area contributed by atoms with Crippen molar-refractivity contribution in [3.8, 4) is 0 Å². The molecule has 0 saturated heterocycles. The van der Waals surface area contributed by atoms with Crippen molar-refractivity contribution in [2.45, 2.75) is 4.90 Å². The second kappa shape index (κ2) is 4.51. The molecule has 1 amide bonds. The van der Waals surface area contributed by atoms with Gasteiger partial charge in [0.25, 0.3) is 15.9 Å². The molecular weight excluding hydrogens is 321 g/mol. The van der Waals surface area contributed by atoms with E-state index in [2.05, 4.69) is 0 Å². The van der Waals surface area contributed by atoms with Crippen molar-refractivity contribution in [3.05, 3.63) is 29.8 Å². The zero-order chi connectivity index (χ0) is 13.3. The molecule has 1 aromatic carbocycles. The van der Waals surface area contributed by atoms with Crippen molar-refractivity contribution in [1.29, 1.82) is 0 Å². The molecule has 10 heteroatoms. The van der Waals surface area contributed by atoms with Crippen molar-refractivity contribution in [2.75, 3.05) is 0 Å². The Morgan fingerprint density at radius 2 is 1.59 bits per heavy atom. The normalized spacial score (nSPS) is 16.5. The summed E-state index contributed by atoms with van der Waals surface area (Å²) in [5.41, 5.74) is 0.220. The third-order valence-corrected chi connectivity index (χ3v) is 3.04. The van der Waals surface area contributed by atoms with Crippen LogP contribution in [0.3, 0.4) is 0 Å². The van der Waals surface area contributed by atoms with Crippen LogP contribution >= 0.6 is 0 Å². The van der Waals surface area contributed by atoms with E-state index in [0.29, 0.717) is 0 Å². The monoisotopic (exact) mass is 329 g/mol. The van der Waals surface area contributed by atoms with E-state index in [1.165, 1.54) is 12.1 Å². The summed E-state index contributed by atoms with van der Waals surface area (Å²) in [5, 5.41) is 0. The molecule has 1 aliphatic rings. The topological polar surface area (TPSA) is 138 Å². The molecule has 8 nitrogen and oxygen atoms in total. The number of hydrogen-bond acceptors (Lipinski definition) is 5. The molecule has 2 rings (SSSR count). The molecule has 1 aromatic rings. The first kappa shape index (κ1) is 13.7. The Morgan fingerprint density at radius 1 is 1.12 bits per heavy atom. The Kier molecular flexibility index (Phi) is 3.65. The number of amides is 1. The molecule has 0 saturated carbocycles. The summed E-state index contributed by atoms with van der Waals surface area (Å²) in [7, 11) is -3.55. The quantitative estimate of drug-likeness (QED) is 0.487. The first-order chi connectivity index (χ1) is 7.61. The van der Waals surface area contributed by atoms with Crippen LogP contribution in [0.4, 0.5) is 0 Å². The van der Waals surface area contributed by atoms with E-state index in [-0.39, 0.29) is 10.5 Å². The van der Waals surface area contributed by atoms with Gasteiger partial charge in [-0.1, -0.05) is 12.1 Å². The fourth-order valence-electron chi connectivity index (χ4n) is 1.12. The molecule has 0 bridgehead atoms. The van der Waals surface area contributed by atoms with E-state index < -0.39 is 29.3 Å². The number of hydrogen-bond donors (Lipinski definition) is 3. The molecule has 1 aliphatic heterocycles. The second-order valence-corrected chi connectivity index (χ2v) is 6.41. The minimum absolute atomic E-state index is 0.0648. The summed E-state index contributed by atoms with van der Waals surface area (Å²) in [5.74, 6) is -0.550. The van der Waals surface area contributed by atoms with Gasteiger partial charge in [-0.05, 0) is 12.1 Å². The molecule has 0 radical (unpaired) electrons. The Morgan fingerprint density at radius 3 is 2.06 bits per heavy atom. The number of sulfonamides is 1. The molecule has 0 fully saturated rings. The molecule has 94 valence electrons. The average Bonchev–Trinajstić information content (AvgIpc) is 2.36. The number of benzene rings is 1. The predicted molar refractivity (Wildman–Crippen MR) is 52.7 cm³/mol. The standard InChI is InChI=1S/C7H5NO3S.H2O4Se/c9-7-5-3-1-2-4-6(5)12(10,11)8-7;1-5(2,3)4/h1-4H,(H,8,9);(H2,1,2,3,4). The van der Waals surface area contributed by atoms with E-state index >= 15 is 0 Å². The first-order valence-corrected chi connectivity index (χ1v) is 8.39. The van der Waals surface area contributed by atoms with Crippen LogP contribution in [-0.4, -0.2) is 36.1 Å². The van der Waals surface area contributed by atoms with Gasteiger partial charge in [0.05, 0.1) is 5.56 Å². The van der Waals surface area contributed by atoms with Gasteiger partial charge in [0.15, 0.2) is 0 Å². The van der Waals surface area contributed by atoms with Crippen molar-refractivity contribution in [3.63, 3.8) is 0 Å². The van der Waals surface area contributed by atoms with Crippen LogP contribution in [0.15, 0.2) is 29.2 Å². The number of carbonyl (C=O) groups is 1. The fraction of sp³-hybridized carbons (Fsp3) is 0. The molecular formula is C7H7NO7SSe. The van der Waals surface area contributed by atoms with E-state index in [1.807, 2.05) is 4.72 Å². The number of nitrogens with one attached hydrogen (secondary N) is 1.